The summed E-state index contributed by atoms with van der Waals surface area (Å²) in [6.07, 6.45) is 9.61. The molecule has 116 valence electrons. The predicted octanol–water partition coefficient (Wildman–Crippen LogP) is 6.37. The van der Waals surface area contributed by atoms with Gasteiger partial charge in [-0.3, -0.25) is 0 Å². The first-order valence-electron chi connectivity index (χ1n) is 8.39. The molecule has 0 radical (unpaired) electrons. The second-order valence-corrected chi connectivity index (χ2v) is 8.51. The molecule has 0 heterocycles. The van der Waals surface area contributed by atoms with Crippen LogP contribution in [0.1, 0.15) is 58.6 Å². The maximum absolute atomic E-state index is 2.54. The van der Waals surface area contributed by atoms with Crippen LogP contribution in [-0.2, 0) is 0 Å². The minimum atomic E-state index is 0.192. The van der Waals surface area contributed by atoms with Gasteiger partial charge in [0.15, 0.2) is 0 Å². The van der Waals surface area contributed by atoms with Gasteiger partial charge in [-0.2, -0.15) is 0 Å². The molecule has 2 aliphatic rings. The third-order valence-electron chi connectivity index (χ3n) is 5.40. The minimum Gasteiger partial charge on any atom is -0.0768 e. The fraction of sp³-hybridized carbons (Fsp3) is 0.455. The van der Waals surface area contributed by atoms with Gasteiger partial charge in [0.1, 0.15) is 0 Å². The molecule has 0 saturated heterocycles. The Hall–Kier alpha value is -1.56. The number of allylic oxidation sites excluding steroid dienone is 6. The van der Waals surface area contributed by atoms with Crippen LogP contribution in [0.2, 0.25) is 0 Å². The van der Waals surface area contributed by atoms with Gasteiger partial charge in [0.05, 0.1) is 0 Å². The minimum absolute atomic E-state index is 0.192. The van der Waals surface area contributed by atoms with Crippen LogP contribution in [0.3, 0.4) is 0 Å². The molecule has 3 rings (SSSR count). The van der Waals surface area contributed by atoms with E-state index in [0.717, 1.165) is 0 Å². The zero-order valence-corrected chi connectivity index (χ0v) is 14.8. The van der Waals surface area contributed by atoms with Crippen molar-refractivity contribution in [2.75, 3.05) is 0 Å². The van der Waals surface area contributed by atoms with E-state index in [2.05, 4.69) is 90.1 Å². The van der Waals surface area contributed by atoms with Crippen LogP contribution in [0.25, 0.3) is 5.57 Å². The molecular weight excluding hydrogens is 264 g/mol. The molecule has 0 bridgehead atoms. The lowest BCUT2D eigenvalue weighted by atomic mass is 9.68. The van der Waals surface area contributed by atoms with Crippen molar-refractivity contribution in [3.05, 3.63) is 65.3 Å². The highest BCUT2D eigenvalue weighted by molar-refractivity contribution is 5.78. The third-order valence-corrected chi connectivity index (χ3v) is 5.40. The van der Waals surface area contributed by atoms with Gasteiger partial charge in [0.25, 0.3) is 0 Å². The van der Waals surface area contributed by atoms with E-state index in [9.17, 15) is 0 Å². The fourth-order valence-corrected chi connectivity index (χ4v) is 3.95. The quantitative estimate of drug-likeness (QED) is 0.594. The van der Waals surface area contributed by atoms with Crippen molar-refractivity contribution in [3.8, 4) is 0 Å². The Labute approximate surface area is 135 Å². The zero-order chi connectivity index (χ0) is 16.1. The molecule has 0 nitrogen and oxygen atoms in total. The topological polar surface area (TPSA) is 0 Å². The lowest BCUT2D eigenvalue weighted by molar-refractivity contribution is 0.271. The molecule has 0 N–H and O–H groups in total. The van der Waals surface area contributed by atoms with Crippen molar-refractivity contribution < 1.29 is 0 Å². The molecule has 0 saturated carbocycles. The number of hydrogen-bond donors (Lipinski definition) is 0. The molecule has 1 aromatic carbocycles. The normalized spacial score (nSPS) is 24.3. The van der Waals surface area contributed by atoms with Crippen LogP contribution < -0.4 is 0 Å². The second kappa shape index (κ2) is 4.98. The van der Waals surface area contributed by atoms with Crippen LogP contribution >= 0.6 is 0 Å². The first-order valence-corrected chi connectivity index (χ1v) is 8.39. The molecule has 22 heavy (non-hydrogen) atoms. The van der Waals surface area contributed by atoms with Gasteiger partial charge in [-0.15, -0.1) is 0 Å². The van der Waals surface area contributed by atoms with Crippen LogP contribution in [0.4, 0.5) is 0 Å². The Bertz CT molecular complexity index is 674. The maximum atomic E-state index is 2.54. The molecular formula is C22H28. The SMILES string of the molecule is CC1=CC(C(C)(C)C2C=C(C(C)(C)C)c3ccccc32)C=C1. The Balaban J connectivity index is 2.08. The number of fused-ring (bicyclic) bond motifs is 1. The number of benzene rings is 1. The van der Waals surface area contributed by atoms with E-state index in [-0.39, 0.29) is 10.8 Å². The Morgan fingerprint density at radius 1 is 0.909 bits per heavy atom. The summed E-state index contributed by atoms with van der Waals surface area (Å²) in [4.78, 5) is 0. The van der Waals surface area contributed by atoms with E-state index in [1.807, 2.05) is 0 Å². The second-order valence-electron chi connectivity index (χ2n) is 8.51. The Kier molecular flexibility index (Phi) is 3.47. The van der Waals surface area contributed by atoms with E-state index >= 15 is 0 Å². The molecule has 0 heteroatoms. The summed E-state index contributed by atoms with van der Waals surface area (Å²) in [7, 11) is 0. The summed E-state index contributed by atoms with van der Waals surface area (Å²) in [6.45, 7) is 14.0. The average molecular weight is 292 g/mol. The van der Waals surface area contributed by atoms with Crippen LogP contribution in [0.5, 0.6) is 0 Å². The van der Waals surface area contributed by atoms with Gasteiger partial charge >= 0.3 is 0 Å². The number of rotatable bonds is 2. The maximum Gasteiger partial charge on any atom is 0.00900 e. The third kappa shape index (κ3) is 2.39. The van der Waals surface area contributed by atoms with Crippen molar-refractivity contribution in [2.45, 2.75) is 47.5 Å². The van der Waals surface area contributed by atoms with E-state index < -0.39 is 0 Å². The molecule has 2 aliphatic carbocycles. The zero-order valence-electron chi connectivity index (χ0n) is 14.8. The molecule has 0 aliphatic heterocycles. The molecule has 0 spiro atoms. The van der Waals surface area contributed by atoms with Gasteiger partial charge in [-0.1, -0.05) is 88.8 Å². The first-order chi connectivity index (χ1) is 10.2. The van der Waals surface area contributed by atoms with Gasteiger partial charge in [0.2, 0.25) is 0 Å². The lowest BCUT2D eigenvalue weighted by Crippen LogP contribution is -2.27. The van der Waals surface area contributed by atoms with E-state index in [4.69, 9.17) is 0 Å². The van der Waals surface area contributed by atoms with Crippen molar-refractivity contribution in [1.82, 2.24) is 0 Å². The van der Waals surface area contributed by atoms with E-state index in [0.29, 0.717) is 11.8 Å². The van der Waals surface area contributed by atoms with E-state index in [1.165, 1.54) is 22.3 Å². The molecule has 0 fully saturated rings. The van der Waals surface area contributed by atoms with Gasteiger partial charge in [-0.25, -0.2) is 0 Å². The van der Waals surface area contributed by atoms with Crippen molar-refractivity contribution >= 4 is 5.57 Å². The van der Waals surface area contributed by atoms with Gasteiger partial charge in [-0.05, 0) is 34.5 Å². The predicted molar refractivity (Wildman–Crippen MR) is 96.8 cm³/mol. The van der Waals surface area contributed by atoms with Crippen LogP contribution in [0.15, 0.2) is 54.1 Å². The van der Waals surface area contributed by atoms with E-state index in [1.54, 1.807) is 0 Å². The Morgan fingerprint density at radius 2 is 1.59 bits per heavy atom. The summed E-state index contributed by atoms with van der Waals surface area (Å²) >= 11 is 0. The largest absolute Gasteiger partial charge is 0.0768 e. The highest BCUT2D eigenvalue weighted by Gasteiger charge is 2.41. The lowest BCUT2D eigenvalue weighted by Gasteiger charge is -2.36. The molecule has 0 amide bonds. The molecule has 2 unspecified atom stereocenters. The molecule has 2 atom stereocenters. The monoisotopic (exact) mass is 292 g/mol. The summed E-state index contributed by atoms with van der Waals surface area (Å²) in [6, 6.07) is 8.99. The Morgan fingerprint density at radius 3 is 2.18 bits per heavy atom. The highest BCUT2D eigenvalue weighted by atomic mass is 14.4. The van der Waals surface area contributed by atoms with Crippen molar-refractivity contribution in [2.24, 2.45) is 16.7 Å². The average Bonchev–Trinajstić information content (AvgIpc) is 3.02. The standard InChI is InChI=1S/C22H28/c1-15-11-12-16(13-15)22(5,6)20-14-19(21(2,3)4)17-9-7-8-10-18(17)20/h7-14,16,20H,1-6H3. The fourth-order valence-electron chi connectivity index (χ4n) is 3.95. The van der Waals surface area contributed by atoms with Crippen molar-refractivity contribution in [1.29, 1.82) is 0 Å². The summed E-state index contributed by atoms with van der Waals surface area (Å²) < 4.78 is 0. The van der Waals surface area contributed by atoms with Gasteiger partial charge in [0, 0.05) is 11.8 Å². The van der Waals surface area contributed by atoms with Crippen molar-refractivity contribution in [3.63, 3.8) is 0 Å². The first kappa shape index (κ1) is 15.3. The molecule has 1 aromatic rings. The van der Waals surface area contributed by atoms with Crippen LogP contribution in [-0.4, -0.2) is 0 Å². The van der Waals surface area contributed by atoms with Crippen LogP contribution in [0, 0.1) is 16.7 Å². The van der Waals surface area contributed by atoms with Gasteiger partial charge < -0.3 is 0 Å². The highest BCUT2D eigenvalue weighted by Crippen LogP contribution is 2.54. The summed E-state index contributed by atoms with van der Waals surface area (Å²) in [5.74, 6) is 0.996. The smallest absolute Gasteiger partial charge is 0.00900 e. The molecule has 0 aromatic heterocycles. The number of hydrogen-bond acceptors (Lipinski definition) is 0. The summed E-state index contributed by atoms with van der Waals surface area (Å²) in [5, 5.41) is 0. The summed E-state index contributed by atoms with van der Waals surface area (Å²) in [5.41, 5.74) is 6.24.